The van der Waals surface area contributed by atoms with E-state index >= 15 is 0 Å². The molecule has 0 aliphatic rings. The molecule has 104 valence electrons. The molecule has 0 amide bonds. The van der Waals surface area contributed by atoms with Crippen molar-refractivity contribution >= 4 is 33.7 Å². The van der Waals surface area contributed by atoms with Crippen LogP contribution in [0.4, 0.5) is 0 Å². The van der Waals surface area contributed by atoms with Gasteiger partial charge in [0.2, 0.25) is 11.0 Å². The van der Waals surface area contributed by atoms with Crippen LogP contribution in [0.3, 0.4) is 0 Å². The number of benzene rings is 2. The van der Waals surface area contributed by atoms with Crippen LogP contribution in [0.25, 0.3) is 27.8 Å². The van der Waals surface area contributed by atoms with E-state index in [1.54, 1.807) is 24.3 Å². The predicted molar refractivity (Wildman–Crippen MR) is 71.6 cm³/mol. The van der Waals surface area contributed by atoms with E-state index in [-0.39, 0.29) is 27.0 Å². The maximum Gasteiger partial charge on any atom is 0.307 e. The summed E-state index contributed by atoms with van der Waals surface area (Å²) in [5.74, 6) is 0. The molecule has 8 nitrogen and oxygen atoms in total. The number of para-hydroxylation sites is 1. The van der Waals surface area contributed by atoms with Gasteiger partial charge in [-0.15, -0.1) is 4.85 Å². The summed E-state index contributed by atoms with van der Waals surface area (Å²) in [6, 6.07) is 9.74. The lowest BCUT2D eigenvalue weighted by atomic mass is 10.3. The van der Waals surface area contributed by atoms with Gasteiger partial charge in [0.25, 0.3) is 0 Å². The summed E-state index contributed by atoms with van der Waals surface area (Å²) < 4.78 is 4.53. The van der Waals surface area contributed by atoms with Crippen LogP contribution < -0.4 is 9.75 Å². The standard InChI is InChI=1S/C12H6ClN5O3/c13-7-3-1-2-4-8(7)16-14-11-9(17(16)19)5-6-10-12(11)15-21-18(10)20/h1-6H. The first-order chi connectivity index (χ1) is 10.2. The normalized spacial score (nSPS) is 11.5. The van der Waals surface area contributed by atoms with Crippen molar-refractivity contribution in [3.8, 4) is 5.69 Å². The highest BCUT2D eigenvalue weighted by atomic mass is 35.5. The molecular formula is C12H6ClN5O3. The Balaban J connectivity index is 2.10. The van der Waals surface area contributed by atoms with Gasteiger partial charge in [-0.1, -0.05) is 23.7 Å². The van der Waals surface area contributed by atoms with Gasteiger partial charge in [0.1, 0.15) is 5.69 Å². The van der Waals surface area contributed by atoms with E-state index in [1.165, 1.54) is 12.1 Å². The molecule has 0 aliphatic carbocycles. The maximum atomic E-state index is 12.3. The largest absolute Gasteiger partial charge is 0.692 e. The van der Waals surface area contributed by atoms with E-state index in [1.807, 2.05) is 0 Å². The van der Waals surface area contributed by atoms with Gasteiger partial charge in [-0.05, 0) is 34.0 Å². The molecule has 0 fully saturated rings. The average molecular weight is 304 g/mol. The number of fused-ring (bicyclic) bond motifs is 3. The van der Waals surface area contributed by atoms with Crippen molar-refractivity contribution in [2.45, 2.75) is 0 Å². The highest BCUT2D eigenvalue weighted by Crippen LogP contribution is 2.22. The fourth-order valence-electron chi connectivity index (χ4n) is 2.17. The Labute approximate surface area is 121 Å². The van der Waals surface area contributed by atoms with E-state index in [4.69, 9.17) is 11.6 Å². The molecule has 9 heteroatoms. The zero-order valence-electron chi connectivity index (χ0n) is 10.3. The van der Waals surface area contributed by atoms with Gasteiger partial charge >= 0.3 is 11.0 Å². The van der Waals surface area contributed by atoms with Gasteiger partial charge in [-0.2, -0.15) is 0 Å². The second-order valence-electron chi connectivity index (χ2n) is 4.34. The lowest BCUT2D eigenvalue weighted by Gasteiger charge is -2.04. The van der Waals surface area contributed by atoms with Crippen LogP contribution in [-0.2, 0) is 0 Å². The maximum absolute atomic E-state index is 12.3. The predicted octanol–water partition coefficient (Wildman–Crippen LogP) is 1.09. The summed E-state index contributed by atoms with van der Waals surface area (Å²) in [6.45, 7) is 0. The number of hydrogen-bond acceptors (Lipinski definition) is 5. The van der Waals surface area contributed by atoms with Gasteiger partial charge in [-0.25, -0.2) is 0 Å². The van der Waals surface area contributed by atoms with Crippen LogP contribution in [0.15, 0.2) is 41.0 Å². The quantitative estimate of drug-likeness (QED) is 0.387. The van der Waals surface area contributed by atoms with E-state index in [9.17, 15) is 10.4 Å². The molecule has 0 bridgehead atoms. The minimum Gasteiger partial charge on any atom is -0.692 e. The molecule has 0 aliphatic heterocycles. The third-order valence-electron chi connectivity index (χ3n) is 3.15. The number of nitrogens with zero attached hydrogens (tertiary/aromatic N) is 5. The Morgan fingerprint density at radius 2 is 1.81 bits per heavy atom. The van der Waals surface area contributed by atoms with Crippen molar-refractivity contribution < 1.29 is 14.4 Å². The Hall–Kier alpha value is -2.87. The first-order valence-corrected chi connectivity index (χ1v) is 6.30. The van der Waals surface area contributed by atoms with Crippen LogP contribution in [0.2, 0.25) is 5.02 Å². The van der Waals surface area contributed by atoms with Crippen molar-refractivity contribution in [3.63, 3.8) is 0 Å². The van der Waals surface area contributed by atoms with Gasteiger partial charge in [0.15, 0.2) is 0 Å². The molecule has 0 saturated carbocycles. The van der Waals surface area contributed by atoms with E-state index in [0.29, 0.717) is 15.6 Å². The Morgan fingerprint density at radius 1 is 1.05 bits per heavy atom. The molecule has 2 heterocycles. The van der Waals surface area contributed by atoms with Gasteiger partial charge in [-0.3, -0.25) is 4.63 Å². The van der Waals surface area contributed by atoms with Crippen molar-refractivity contribution in [1.29, 1.82) is 0 Å². The number of hydrogen-bond donors (Lipinski definition) is 0. The molecule has 0 saturated heterocycles. The molecule has 0 radical (unpaired) electrons. The van der Waals surface area contributed by atoms with E-state index < -0.39 is 0 Å². The first-order valence-electron chi connectivity index (χ1n) is 5.93. The lowest BCUT2D eigenvalue weighted by Crippen LogP contribution is -2.37. The third-order valence-corrected chi connectivity index (χ3v) is 3.47. The summed E-state index contributed by atoms with van der Waals surface area (Å²) in [6.07, 6.45) is 0. The van der Waals surface area contributed by atoms with Crippen LogP contribution in [-0.4, -0.2) is 15.1 Å². The summed E-state index contributed by atoms with van der Waals surface area (Å²) in [5, 5.41) is 31.9. The van der Waals surface area contributed by atoms with Gasteiger partial charge in [0.05, 0.1) is 15.3 Å². The summed E-state index contributed by atoms with van der Waals surface area (Å²) >= 11 is 6.08. The molecule has 4 aromatic rings. The molecule has 2 aromatic heterocycles. The fourth-order valence-corrected chi connectivity index (χ4v) is 2.38. The monoisotopic (exact) mass is 303 g/mol. The zero-order valence-corrected chi connectivity index (χ0v) is 11.1. The van der Waals surface area contributed by atoms with Crippen LogP contribution in [0, 0.1) is 10.4 Å². The van der Waals surface area contributed by atoms with Gasteiger partial charge < -0.3 is 10.4 Å². The number of halogens is 1. The van der Waals surface area contributed by atoms with Crippen molar-refractivity contribution in [2.75, 3.05) is 0 Å². The zero-order chi connectivity index (χ0) is 14.6. The van der Waals surface area contributed by atoms with Gasteiger partial charge in [0, 0.05) is 0 Å². The summed E-state index contributed by atoms with van der Waals surface area (Å²) in [5.41, 5.74) is 1.37. The Bertz CT molecular complexity index is 993. The highest BCUT2D eigenvalue weighted by molar-refractivity contribution is 6.32. The average Bonchev–Trinajstić information content (AvgIpc) is 3.01. The SMILES string of the molecule is [O-][n+]1onc2c3nn(-c4ccccc4Cl)[n+]([O-])c3ccc21. The second-order valence-corrected chi connectivity index (χ2v) is 4.75. The highest BCUT2D eigenvalue weighted by Gasteiger charge is 2.26. The van der Waals surface area contributed by atoms with Crippen LogP contribution in [0.1, 0.15) is 0 Å². The summed E-state index contributed by atoms with van der Waals surface area (Å²) in [7, 11) is 0. The molecule has 2 aromatic carbocycles. The van der Waals surface area contributed by atoms with Crippen molar-refractivity contribution in [1.82, 2.24) is 15.1 Å². The molecule has 21 heavy (non-hydrogen) atoms. The fraction of sp³-hybridized carbons (Fsp3) is 0. The minimum absolute atomic E-state index is 0.201. The molecular weight excluding hydrogens is 298 g/mol. The van der Waals surface area contributed by atoms with Crippen molar-refractivity contribution in [2.24, 2.45) is 0 Å². The topological polar surface area (TPSA) is 97.7 Å². The van der Waals surface area contributed by atoms with Crippen LogP contribution >= 0.6 is 11.6 Å². The summed E-state index contributed by atoms with van der Waals surface area (Å²) in [4.78, 5) is 1.95. The number of rotatable bonds is 1. The first kappa shape index (κ1) is 11.9. The molecule has 0 spiro atoms. The van der Waals surface area contributed by atoms with Crippen molar-refractivity contribution in [3.05, 3.63) is 51.8 Å². The number of aromatic nitrogens is 5. The third kappa shape index (κ3) is 1.56. The van der Waals surface area contributed by atoms with E-state index in [0.717, 1.165) is 4.80 Å². The second kappa shape index (κ2) is 4.06. The molecule has 0 atom stereocenters. The van der Waals surface area contributed by atoms with Crippen LogP contribution in [0.5, 0.6) is 0 Å². The smallest absolute Gasteiger partial charge is 0.307 e. The molecule has 4 rings (SSSR count). The molecule has 0 unspecified atom stereocenters. The Morgan fingerprint density at radius 3 is 2.62 bits per heavy atom. The Kier molecular flexibility index (Phi) is 2.30. The lowest BCUT2D eigenvalue weighted by molar-refractivity contribution is -0.782. The minimum atomic E-state index is 0.201. The molecule has 0 N–H and O–H groups in total. The van der Waals surface area contributed by atoms with E-state index in [2.05, 4.69) is 14.9 Å².